The summed E-state index contributed by atoms with van der Waals surface area (Å²) in [5, 5.41) is 13.8. The lowest BCUT2D eigenvalue weighted by molar-refractivity contribution is -0.385. The Morgan fingerprint density at radius 2 is 2.25 bits per heavy atom. The molecule has 0 saturated carbocycles. The van der Waals surface area contributed by atoms with Crippen LogP contribution >= 0.6 is 0 Å². The van der Waals surface area contributed by atoms with Gasteiger partial charge in [0.1, 0.15) is 17.8 Å². The molecule has 1 N–H and O–H groups in total. The van der Waals surface area contributed by atoms with Gasteiger partial charge in [-0.25, -0.2) is 9.97 Å². The van der Waals surface area contributed by atoms with E-state index in [0.29, 0.717) is 24.7 Å². The number of pyridine rings is 1. The van der Waals surface area contributed by atoms with Crippen LogP contribution in [0.25, 0.3) is 0 Å². The molecule has 2 aromatic heterocycles. The van der Waals surface area contributed by atoms with Crippen molar-refractivity contribution in [1.82, 2.24) is 19.4 Å². The van der Waals surface area contributed by atoms with E-state index in [4.69, 9.17) is 0 Å². The normalized spacial score (nSPS) is 18.2. The van der Waals surface area contributed by atoms with Crippen LogP contribution in [0.5, 0.6) is 0 Å². The molecule has 3 rings (SSSR count). The topological polar surface area (TPSA) is 89.1 Å². The summed E-state index contributed by atoms with van der Waals surface area (Å²) in [5.41, 5.74) is -0.0626. The molecule has 1 aliphatic heterocycles. The zero-order valence-corrected chi connectivity index (χ0v) is 12.7. The van der Waals surface area contributed by atoms with E-state index in [-0.39, 0.29) is 11.7 Å². The predicted molar refractivity (Wildman–Crippen MR) is 81.7 cm³/mol. The van der Waals surface area contributed by atoms with Crippen LogP contribution in [0.4, 0.5) is 20.3 Å². The van der Waals surface area contributed by atoms with Crippen molar-refractivity contribution in [2.75, 3.05) is 18.4 Å². The first kappa shape index (κ1) is 16.2. The van der Waals surface area contributed by atoms with Crippen molar-refractivity contribution >= 4 is 11.5 Å². The molecule has 10 heteroatoms. The number of nitrogens with one attached hydrogen (secondary N) is 1. The average molecular weight is 338 g/mol. The second-order valence-corrected chi connectivity index (χ2v) is 5.55. The highest BCUT2D eigenvalue weighted by molar-refractivity contribution is 5.41. The second kappa shape index (κ2) is 6.87. The fraction of sp³-hybridized carbons (Fsp3) is 0.429. The standard InChI is InChI=1S/C14H16F2N6O2/c15-14(16)21-6-4-17-13(21)9-20-5-3-10(8-20)19-12-2-1-11(7-18-12)22(23)24/h1-2,4,6-7,10,14H,3,5,8-9H2,(H,18,19)/t10-/m0/s1. The van der Waals surface area contributed by atoms with Gasteiger partial charge >= 0.3 is 6.55 Å². The van der Waals surface area contributed by atoms with Crippen LogP contribution in [-0.4, -0.2) is 43.5 Å². The molecule has 0 radical (unpaired) electrons. The van der Waals surface area contributed by atoms with Crippen molar-refractivity contribution < 1.29 is 13.7 Å². The first-order chi connectivity index (χ1) is 11.5. The molecule has 1 fully saturated rings. The number of imidazole rings is 1. The molecular weight excluding hydrogens is 322 g/mol. The molecular formula is C14H16F2N6O2. The Labute approximate surface area is 136 Å². The minimum absolute atomic E-state index is 0.0626. The van der Waals surface area contributed by atoms with E-state index >= 15 is 0 Å². The molecule has 1 aliphatic rings. The summed E-state index contributed by atoms with van der Waals surface area (Å²) < 4.78 is 26.5. The summed E-state index contributed by atoms with van der Waals surface area (Å²) in [6, 6.07) is 3.06. The van der Waals surface area contributed by atoms with Gasteiger partial charge in [0.05, 0.1) is 11.5 Å². The number of hydrogen-bond acceptors (Lipinski definition) is 6. The molecule has 24 heavy (non-hydrogen) atoms. The fourth-order valence-electron chi connectivity index (χ4n) is 2.73. The molecule has 0 aromatic carbocycles. The van der Waals surface area contributed by atoms with Crippen molar-refractivity contribution in [2.45, 2.75) is 25.6 Å². The van der Waals surface area contributed by atoms with Crippen LogP contribution in [0.3, 0.4) is 0 Å². The summed E-state index contributed by atoms with van der Waals surface area (Å²) in [6.07, 6.45) is 4.67. The van der Waals surface area contributed by atoms with E-state index in [1.807, 2.05) is 4.90 Å². The first-order valence-corrected chi connectivity index (χ1v) is 7.42. The number of rotatable bonds is 6. The van der Waals surface area contributed by atoms with Gasteiger partial charge in [-0.15, -0.1) is 0 Å². The van der Waals surface area contributed by atoms with Crippen LogP contribution in [0.2, 0.25) is 0 Å². The van der Waals surface area contributed by atoms with Gasteiger partial charge in [-0.2, -0.15) is 8.78 Å². The van der Waals surface area contributed by atoms with Gasteiger partial charge in [-0.1, -0.05) is 0 Å². The highest BCUT2D eigenvalue weighted by Gasteiger charge is 2.24. The Balaban J connectivity index is 1.55. The minimum atomic E-state index is -2.59. The van der Waals surface area contributed by atoms with Crippen molar-refractivity contribution in [1.29, 1.82) is 0 Å². The highest BCUT2D eigenvalue weighted by Crippen LogP contribution is 2.19. The average Bonchev–Trinajstić information content (AvgIpc) is 3.18. The van der Waals surface area contributed by atoms with E-state index in [2.05, 4.69) is 15.3 Å². The van der Waals surface area contributed by atoms with Gasteiger partial charge < -0.3 is 5.32 Å². The summed E-state index contributed by atoms with van der Waals surface area (Å²) >= 11 is 0. The molecule has 0 unspecified atom stereocenters. The lowest BCUT2D eigenvalue weighted by Gasteiger charge is -2.17. The van der Waals surface area contributed by atoms with Crippen LogP contribution in [0, 0.1) is 10.1 Å². The van der Waals surface area contributed by atoms with Crippen LogP contribution in [-0.2, 0) is 6.54 Å². The van der Waals surface area contributed by atoms with Crippen LogP contribution < -0.4 is 5.32 Å². The molecule has 3 heterocycles. The van der Waals surface area contributed by atoms with Gasteiger partial charge in [0.2, 0.25) is 0 Å². The molecule has 0 bridgehead atoms. The minimum Gasteiger partial charge on any atom is -0.366 e. The van der Waals surface area contributed by atoms with Gasteiger partial charge in [0, 0.05) is 37.6 Å². The number of alkyl halides is 2. The first-order valence-electron chi connectivity index (χ1n) is 7.42. The highest BCUT2D eigenvalue weighted by atomic mass is 19.3. The van der Waals surface area contributed by atoms with Gasteiger partial charge in [-0.05, 0) is 12.5 Å². The van der Waals surface area contributed by atoms with Crippen LogP contribution in [0.1, 0.15) is 18.8 Å². The van der Waals surface area contributed by atoms with Gasteiger partial charge in [-0.3, -0.25) is 19.6 Å². The molecule has 0 spiro atoms. The second-order valence-electron chi connectivity index (χ2n) is 5.55. The van der Waals surface area contributed by atoms with Crippen molar-refractivity contribution in [2.24, 2.45) is 0 Å². The molecule has 1 atom stereocenters. The third kappa shape index (κ3) is 3.65. The quantitative estimate of drug-likeness (QED) is 0.642. The van der Waals surface area contributed by atoms with E-state index in [1.165, 1.54) is 24.7 Å². The van der Waals surface area contributed by atoms with Crippen molar-refractivity contribution in [3.63, 3.8) is 0 Å². The number of hydrogen-bond donors (Lipinski definition) is 1. The molecule has 1 saturated heterocycles. The van der Waals surface area contributed by atoms with Crippen molar-refractivity contribution in [3.8, 4) is 0 Å². The maximum absolute atomic E-state index is 12.8. The Morgan fingerprint density at radius 3 is 2.92 bits per heavy atom. The summed E-state index contributed by atoms with van der Waals surface area (Å²) in [7, 11) is 0. The predicted octanol–water partition coefficient (Wildman–Crippen LogP) is 2.27. The third-order valence-corrected chi connectivity index (χ3v) is 3.91. The van der Waals surface area contributed by atoms with Crippen molar-refractivity contribution in [3.05, 3.63) is 46.7 Å². The smallest absolute Gasteiger partial charge is 0.319 e. The van der Waals surface area contributed by atoms with Gasteiger partial charge in [0.25, 0.3) is 5.69 Å². The lowest BCUT2D eigenvalue weighted by atomic mass is 10.2. The Bertz CT molecular complexity index is 706. The van der Waals surface area contributed by atoms with Gasteiger partial charge in [0.15, 0.2) is 0 Å². The summed E-state index contributed by atoms with van der Waals surface area (Å²) in [4.78, 5) is 20.1. The van der Waals surface area contributed by atoms with Crippen LogP contribution in [0.15, 0.2) is 30.7 Å². The zero-order valence-electron chi connectivity index (χ0n) is 12.7. The summed E-state index contributed by atoms with van der Waals surface area (Å²) in [5.74, 6) is 0.889. The van der Waals surface area contributed by atoms with E-state index in [9.17, 15) is 18.9 Å². The number of anilines is 1. The largest absolute Gasteiger partial charge is 0.366 e. The molecule has 0 amide bonds. The maximum Gasteiger partial charge on any atom is 0.319 e. The Morgan fingerprint density at radius 1 is 1.42 bits per heavy atom. The molecule has 8 nitrogen and oxygen atoms in total. The maximum atomic E-state index is 12.8. The number of halogens is 2. The number of nitrogens with zero attached hydrogens (tertiary/aromatic N) is 5. The number of nitro groups is 1. The Kier molecular flexibility index (Phi) is 4.65. The zero-order chi connectivity index (χ0) is 17.1. The fourth-order valence-corrected chi connectivity index (χ4v) is 2.73. The summed E-state index contributed by atoms with van der Waals surface area (Å²) in [6.45, 7) is -0.832. The molecule has 128 valence electrons. The van der Waals surface area contributed by atoms with E-state index in [0.717, 1.165) is 17.5 Å². The molecule has 0 aliphatic carbocycles. The lowest BCUT2D eigenvalue weighted by Crippen LogP contribution is -2.27. The van der Waals surface area contributed by atoms with E-state index < -0.39 is 11.5 Å². The Hall–Kier alpha value is -2.62. The third-order valence-electron chi connectivity index (χ3n) is 3.91. The monoisotopic (exact) mass is 338 g/mol. The molecule has 2 aromatic rings. The van der Waals surface area contributed by atoms with E-state index in [1.54, 1.807) is 6.07 Å². The number of likely N-dealkylation sites (tertiary alicyclic amines) is 1. The number of aromatic nitrogens is 3. The SMILES string of the molecule is O=[N+]([O-])c1ccc(N[C@H]2CCN(Cc3nccn3C(F)F)C2)nc1.